The number of hydrogen-bond acceptors (Lipinski definition) is 2. The minimum absolute atomic E-state index is 0.0312. The first kappa shape index (κ1) is 11.8. The molecule has 3 nitrogen and oxygen atoms in total. The molecule has 0 radical (unpaired) electrons. The summed E-state index contributed by atoms with van der Waals surface area (Å²) < 4.78 is 0. The molecule has 1 aliphatic heterocycles. The van der Waals surface area contributed by atoms with Gasteiger partial charge in [-0.1, -0.05) is 18.6 Å². The van der Waals surface area contributed by atoms with Gasteiger partial charge in [0.2, 0.25) is 5.91 Å². The molecule has 82 valence electrons. The maximum absolute atomic E-state index is 12.1. The van der Waals surface area contributed by atoms with Gasteiger partial charge >= 0.3 is 0 Å². The largest absolute Gasteiger partial charge is 0.337 e. The van der Waals surface area contributed by atoms with E-state index in [0.29, 0.717) is 13.0 Å². The summed E-state index contributed by atoms with van der Waals surface area (Å²) >= 11 is 0. The van der Waals surface area contributed by atoms with Crippen LogP contribution in [0.2, 0.25) is 0 Å². The highest BCUT2D eigenvalue weighted by atomic mass is 16.2. The summed E-state index contributed by atoms with van der Waals surface area (Å²) in [6, 6.07) is 2.12. The average molecular weight is 206 g/mol. The van der Waals surface area contributed by atoms with Crippen LogP contribution in [0.3, 0.4) is 0 Å². The van der Waals surface area contributed by atoms with E-state index in [4.69, 9.17) is 5.26 Å². The number of hydrogen-bond donors (Lipinski definition) is 0. The molecule has 0 aromatic heterocycles. The monoisotopic (exact) mass is 206 g/mol. The van der Waals surface area contributed by atoms with Gasteiger partial charge in [-0.15, -0.1) is 0 Å². The molecular formula is C12H18N2O. The van der Waals surface area contributed by atoms with Crippen LogP contribution >= 0.6 is 0 Å². The van der Waals surface area contributed by atoms with E-state index in [1.165, 1.54) is 5.57 Å². The number of carbonyl (C=O) groups excluding carboxylic acids is 1. The molecule has 3 heteroatoms. The predicted molar refractivity (Wildman–Crippen MR) is 59.0 cm³/mol. The first-order valence-corrected chi connectivity index (χ1v) is 5.39. The van der Waals surface area contributed by atoms with Crippen LogP contribution in [-0.4, -0.2) is 23.9 Å². The Kier molecular flexibility index (Phi) is 3.52. The lowest BCUT2D eigenvalue weighted by molar-refractivity contribution is -0.138. The Morgan fingerprint density at radius 2 is 2.40 bits per heavy atom. The van der Waals surface area contributed by atoms with E-state index >= 15 is 0 Å². The van der Waals surface area contributed by atoms with Gasteiger partial charge in [0.15, 0.2) is 0 Å². The van der Waals surface area contributed by atoms with Gasteiger partial charge in [-0.05, 0) is 26.7 Å². The van der Waals surface area contributed by atoms with Crippen molar-refractivity contribution in [2.75, 3.05) is 13.1 Å². The van der Waals surface area contributed by atoms with Gasteiger partial charge in [-0.25, -0.2) is 0 Å². The fraction of sp³-hybridized carbons (Fsp3) is 0.667. The van der Waals surface area contributed by atoms with E-state index in [1.54, 1.807) is 11.8 Å². The summed E-state index contributed by atoms with van der Waals surface area (Å²) in [5, 5.41) is 9.03. The summed E-state index contributed by atoms with van der Waals surface area (Å²) in [6.45, 7) is 7.08. The summed E-state index contributed by atoms with van der Waals surface area (Å²) in [7, 11) is 0. The molecule has 0 saturated carbocycles. The molecule has 1 rings (SSSR count). The normalized spacial score (nSPS) is 20.1. The zero-order valence-electron chi connectivity index (χ0n) is 9.71. The van der Waals surface area contributed by atoms with Crippen molar-refractivity contribution in [3.05, 3.63) is 11.6 Å². The SMILES string of the molecule is CCC(C)(C#N)C(=O)N1CC=C(C)CC1. The van der Waals surface area contributed by atoms with Gasteiger partial charge in [-0.3, -0.25) is 4.79 Å². The second-order valence-electron chi connectivity index (χ2n) is 4.35. The van der Waals surface area contributed by atoms with Crippen molar-refractivity contribution in [1.29, 1.82) is 5.26 Å². The van der Waals surface area contributed by atoms with Crippen molar-refractivity contribution in [3.63, 3.8) is 0 Å². The van der Waals surface area contributed by atoms with Gasteiger partial charge in [-0.2, -0.15) is 5.26 Å². The van der Waals surface area contributed by atoms with Crippen LogP contribution in [-0.2, 0) is 4.79 Å². The third kappa shape index (κ3) is 2.38. The molecule has 15 heavy (non-hydrogen) atoms. The van der Waals surface area contributed by atoms with Crippen LogP contribution in [0.25, 0.3) is 0 Å². The van der Waals surface area contributed by atoms with Gasteiger partial charge in [0.1, 0.15) is 5.41 Å². The van der Waals surface area contributed by atoms with E-state index in [0.717, 1.165) is 13.0 Å². The van der Waals surface area contributed by atoms with Crippen molar-refractivity contribution < 1.29 is 4.79 Å². The van der Waals surface area contributed by atoms with E-state index in [2.05, 4.69) is 19.1 Å². The second-order valence-corrected chi connectivity index (χ2v) is 4.35. The minimum atomic E-state index is -0.848. The van der Waals surface area contributed by atoms with E-state index < -0.39 is 5.41 Å². The molecule has 1 atom stereocenters. The van der Waals surface area contributed by atoms with Crippen LogP contribution < -0.4 is 0 Å². The van der Waals surface area contributed by atoms with E-state index in [-0.39, 0.29) is 5.91 Å². The summed E-state index contributed by atoms with van der Waals surface area (Å²) in [5.74, 6) is -0.0312. The first-order valence-electron chi connectivity index (χ1n) is 5.39. The number of nitriles is 1. The van der Waals surface area contributed by atoms with E-state index in [1.807, 2.05) is 6.92 Å². The zero-order valence-corrected chi connectivity index (χ0v) is 9.71. The van der Waals surface area contributed by atoms with Gasteiger partial charge in [0.25, 0.3) is 0 Å². The number of amides is 1. The fourth-order valence-electron chi connectivity index (χ4n) is 1.58. The topological polar surface area (TPSA) is 44.1 Å². The molecular weight excluding hydrogens is 188 g/mol. The standard InChI is InChI=1S/C12H18N2O/c1-4-12(3,9-13)11(15)14-7-5-10(2)6-8-14/h5H,4,6-8H2,1-3H3. The minimum Gasteiger partial charge on any atom is -0.337 e. The lowest BCUT2D eigenvalue weighted by Gasteiger charge is -2.31. The Hall–Kier alpha value is -1.30. The average Bonchev–Trinajstić information content (AvgIpc) is 2.28. The fourth-order valence-corrected chi connectivity index (χ4v) is 1.58. The van der Waals surface area contributed by atoms with Crippen LogP contribution in [0.5, 0.6) is 0 Å². The quantitative estimate of drug-likeness (QED) is 0.649. The summed E-state index contributed by atoms with van der Waals surface area (Å²) in [6.07, 6.45) is 3.56. The van der Waals surface area contributed by atoms with Gasteiger partial charge in [0.05, 0.1) is 6.07 Å². The maximum atomic E-state index is 12.1. The smallest absolute Gasteiger partial charge is 0.243 e. The second kappa shape index (κ2) is 4.48. The highest BCUT2D eigenvalue weighted by Gasteiger charge is 2.35. The molecule has 1 aliphatic rings. The molecule has 0 spiro atoms. The maximum Gasteiger partial charge on any atom is 0.243 e. The Morgan fingerprint density at radius 1 is 1.73 bits per heavy atom. The molecule has 0 bridgehead atoms. The third-order valence-electron chi connectivity index (χ3n) is 3.15. The Labute approximate surface area is 91.4 Å². The Balaban J connectivity index is 2.74. The molecule has 0 saturated heterocycles. The van der Waals surface area contributed by atoms with Crippen molar-refractivity contribution in [1.82, 2.24) is 4.90 Å². The highest BCUT2D eigenvalue weighted by molar-refractivity contribution is 5.85. The molecule has 0 aliphatic carbocycles. The molecule has 1 unspecified atom stereocenters. The van der Waals surface area contributed by atoms with Crippen molar-refractivity contribution in [2.24, 2.45) is 5.41 Å². The third-order valence-corrected chi connectivity index (χ3v) is 3.15. The Bertz CT molecular complexity index is 327. The molecule has 0 N–H and O–H groups in total. The van der Waals surface area contributed by atoms with Crippen LogP contribution in [0.4, 0.5) is 0 Å². The molecule has 0 aromatic carbocycles. The van der Waals surface area contributed by atoms with Crippen LogP contribution in [0.15, 0.2) is 11.6 Å². The molecule has 0 fully saturated rings. The van der Waals surface area contributed by atoms with Crippen molar-refractivity contribution in [3.8, 4) is 6.07 Å². The number of rotatable bonds is 2. The Morgan fingerprint density at radius 3 is 2.80 bits per heavy atom. The lowest BCUT2D eigenvalue weighted by atomic mass is 9.87. The van der Waals surface area contributed by atoms with E-state index in [9.17, 15) is 4.79 Å². The van der Waals surface area contributed by atoms with Crippen molar-refractivity contribution >= 4 is 5.91 Å². The summed E-state index contributed by atoms with van der Waals surface area (Å²) in [4.78, 5) is 13.8. The highest BCUT2D eigenvalue weighted by Crippen LogP contribution is 2.24. The lowest BCUT2D eigenvalue weighted by Crippen LogP contribution is -2.43. The zero-order chi connectivity index (χ0) is 11.5. The molecule has 0 aromatic rings. The van der Waals surface area contributed by atoms with Crippen molar-refractivity contribution in [2.45, 2.75) is 33.6 Å². The molecule has 1 amide bonds. The predicted octanol–water partition coefficient (Wildman–Crippen LogP) is 2.10. The summed E-state index contributed by atoms with van der Waals surface area (Å²) in [5.41, 5.74) is 0.480. The van der Waals surface area contributed by atoms with Gasteiger partial charge < -0.3 is 4.90 Å². The van der Waals surface area contributed by atoms with Gasteiger partial charge in [0, 0.05) is 13.1 Å². The van der Waals surface area contributed by atoms with Crippen LogP contribution in [0, 0.1) is 16.7 Å². The first-order chi connectivity index (χ1) is 7.03. The number of carbonyl (C=O) groups is 1. The number of nitrogens with zero attached hydrogens (tertiary/aromatic N) is 2. The molecule has 1 heterocycles. The van der Waals surface area contributed by atoms with Crippen LogP contribution in [0.1, 0.15) is 33.6 Å².